The van der Waals surface area contributed by atoms with E-state index in [1.165, 1.54) is 0 Å². The molecule has 17 heavy (non-hydrogen) atoms. The lowest BCUT2D eigenvalue weighted by molar-refractivity contribution is 0.0619. The molecule has 0 radical (unpaired) electrons. The molecule has 1 rings (SSSR count). The Morgan fingerprint density at radius 3 is 2.59 bits per heavy atom. The quantitative estimate of drug-likeness (QED) is 0.871. The minimum atomic E-state index is -0.166. The molecule has 2 N–H and O–H groups in total. The fraction of sp³-hybridized carbons (Fsp3) is 0.462. The highest BCUT2D eigenvalue weighted by molar-refractivity contribution is 9.10. The number of hydrogen-bond acceptors (Lipinski definition) is 2. The van der Waals surface area contributed by atoms with Crippen molar-refractivity contribution in [2.75, 3.05) is 12.8 Å². The van der Waals surface area contributed by atoms with Gasteiger partial charge in [-0.05, 0) is 54.4 Å². The number of carbonyl (C=O) groups excluding carboxylic acids is 1. The zero-order chi connectivity index (χ0) is 13.2. The molecule has 0 aromatic heterocycles. The maximum atomic E-state index is 12.4. The number of nitrogens with zero attached hydrogens (tertiary/aromatic N) is 1. The smallest absolute Gasteiger partial charge is 0.255 e. The Hall–Kier alpha value is -1.03. The first-order valence-corrected chi connectivity index (χ1v) is 6.42. The summed E-state index contributed by atoms with van der Waals surface area (Å²) >= 11 is 3.38. The molecule has 1 aromatic carbocycles. The molecule has 94 valence electrons. The molecule has 0 saturated carbocycles. The van der Waals surface area contributed by atoms with Crippen molar-refractivity contribution in [1.29, 1.82) is 0 Å². The van der Waals surface area contributed by atoms with Crippen LogP contribution in [0, 0.1) is 0 Å². The highest BCUT2D eigenvalue weighted by Gasteiger charge is 2.27. The molecule has 0 fully saturated rings. The first-order valence-electron chi connectivity index (χ1n) is 5.62. The molecule has 0 unspecified atom stereocenters. The van der Waals surface area contributed by atoms with Crippen LogP contribution in [0.5, 0.6) is 0 Å². The van der Waals surface area contributed by atoms with Crippen LogP contribution in [-0.2, 0) is 0 Å². The lowest BCUT2D eigenvalue weighted by Crippen LogP contribution is -2.44. The molecule has 4 heteroatoms. The van der Waals surface area contributed by atoms with Gasteiger partial charge >= 0.3 is 0 Å². The Balaban J connectivity index is 3.08. The van der Waals surface area contributed by atoms with E-state index in [-0.39, 0.29) is 11.4 Å². The van der Waals surface area contributed by atoms with E-state index in [2.05, 4.69) is 22.9 Å². The first-order chi connectivity index (χ1) is 7.79. The van der Waals surface area contributed by atoms with Crippen molar-refractivity contribution < 1.29 is 4.79 Å². The third kappa shape index (κ3) is 3.00. The van der Waals surface area contributed by atoms with Gasteiger partial charge in [0.25, 0.3) is 5.91 Å². The van der Waals surface area contributed by atoms with Crippen LogP contribution in [0.3, 0.4) is 0 Å². The monoisotopic (exact) mass is 298 g/mol. The molecule has 0 bridgehead atoms. The minimum absolute atomic E-state index is 0.0176. The Morgan fingerprint density at radius 2 is 2.06 bits per heavy atom. The van der Waals surface area contributed by atoms with Gasteiger partial charge in [0.1, 0.15) is 0 Å². The zero-order valence-corrected chi connectivity index (χ0v) is 12.3. The lowest BCUT2D eigenvalue weighted by atomic mass is 9.99. The molecule has 0 atom stereocenters. The maximum absolute atomic E-state index is 12.4. The van der Waals surface area contributed by atoms with Gasteiger partial charge in [0.05, 0.1) is 5.56 Å². The van der Waals surface area contributed by atoms with E-state index in [1.807, 2.05) is 20.9 Å². The molecular weight excluding hydrogens is 280 g/mol. The maximum Gasteiger partial charge on any atom is 0.255 e. The second-order valence-corrected chi connectivity index (χ2v) is 5.62. The van der Waals surface area contributed by atoms with Gasteiger partial charge in [0.2, 0.25) is 0 Å². The summed E-state index contributed by atoms with van der Waals surface area (Å²) in [6.45, 7) is 6.16. The van der Waals surface area contributed by atoms with Crippen LogP contribution in [0.25, 0.3) is 0 Å². The summed E-state index contributed by atoms with van der Waals surface area (Å²) in [6, 6.07) is 5.27. The van der Waals surface area contributed by atoms with E-state index in [1.54, 1.807) is 23.1 Å². The van der Waals surface area contributed by atoms with E-state index in [0.717, 1.165) is 10.9 Å². The molecule has 3 nitrogen and oxygen atoms in total. The Kier molecular flexibility index (Phi) is 4.20. The van der Waals surface area contributed by atoms with Gasteiger partial charge in [-0.2, -0.15) is 0 Å². The van der Waals surface area contributed by atoms with Crippen LogP contribution in [-0.4, -0.2) is 23.4 Å². The van der Waals surface area contributed by atoms with Crippen molar-refractivity contribution in [1.82, 2.24) is 4.90 Å². The number of carbonyl (C=O) groups is 1. The minimum Gasteiger partial charge on any atom is -0.399 e. The third-order valence-corrected chi connectivity index (χ3v) is 3.99. The SMILES string of the molecule is CCC(C)(C)N(C)C(=O)c1cc(N)ccc1Br. The number of amides is 1. The van der Waals surface area contributed by atoms with E-state index >= 15 is 0 Å². The van der Waals surface area contributed by atoms with E-state index < -0.39 is 0 Å². The molecule has 0 spiro atoms. The number of benzene rings is 1. The van der Waals surface area contributed by atoms with E-state index in [9.17, 15) is 4.79 Å². The zero-order valence-electron chi connectivity index (χ0n) is 10.7. The summed E-state index contributed by atoms with van der Waals surface area (Å²) < 4.78 is 0.774. The second-order valence-electron chi connectivity index (χ2n) is 4.77. The van der Waals surface area contributed by atoms with Gasteiger partial charge in [-0.1, -0.05) is 6.92 Å². The van der Waals surface area contributed by atoms with Crippen molar-refractivity contribution in [2.24, 2.45) is 0 Å². The lowest BCUT2D eigenvalue weighted by Gasteiger charge is -2.35. The summed E-state index contributed by atoms with van der Waals surface area (Å²) in [5, 5.41) is 0. The van der Waals surface area contributed by atoms with Crippen molar-refractivity contribution in [3.8, 4) is 0 Å². The van der Waals surface area contributed by atoms with Gasteiger partial charge < -0.3 is 10.6 Å². The fourth-order valence-corrected chi connectivity index (χ4v) is 1.82. The topological polar surface area (TPSA) is 46.3 Å². The van der Waals surface area contributed by atoms with E-state index in [4.69, 9.17) is 5.73 Å². The van der Waals surface area contributed by atoms with Gasteiger partial charge in [0.15, 0.2) is 0 Å². The molecule has 0 aliphatic carbocycles. The van der Waals surface area contributed by atoms with Crippen LogP contribution < -0.4 is 5.73 Å². The highest BCUT2D eigenvalue weighted by atomic mass is 79.9. The number of hydrogen-bond donors (Lipinski definition) is 1. The molecule has 1 amide bonds. The average Bonchev–Trinajstić information content (AvgIpc) is 2.30. The van der Waals surface area contributed by atoms with Crippen molar-refractivity contribution in [2.45, 2.75) is 32.7 Å². The third-order valence-electron chi connectivity index (χ3n) is 3.30. The summed E-state index contributed by atoms with van der Waals surface area (Å²) in [7, 11) is 1.82. The summed E-state index contributed by atoms with van der Waals surface area (Å²) in [5.74, 6) is -0.0176. The Morgan fingerprint density at radius 1 is 1.47 bits per heavy atom. The summed E-state index contributed by atoms with van der Waals surface area (Å²) in [5.41, 5.74) is 6.75. The fourth-order valence-electron chi connectivity index (χ4n) is 1.40. The Labute approximate surface area is 111 Å². The summed E-state index contributed by atoms with van der Waals surface area (Å²) in [6.07, 6.45) is 0.898. The predicted octanol–water partition coefficient (Wildman–Crippen LogP) is 3.29. The van der Waals surface area contributed by atoms with Crippen molar-refractivity contribution in [3.05, 3.63) is 28.2 Å². The first kappa shape index (κ1) is 14.0. The van der Waals surface area contributed by atoms with Crippen molar-refractivity contribution >= 4 is 27.5 Å². The van der Waals surface area contributed by atoms with Gasteiger partial charge in [-0.15, -0.1) is 0 Å². The van der Waals surface area contributed by atoms with Crippen molar-refractivity contribution in [3.63, 3.8) is 0 Å². The number of rotatable bonds is 3. The van der Waals surface area contributed by atoms with Gasteiger partial charge in [-0.25, -0.2) is 0 Å². The number of halogens is 1. The number of nitrogen functional groups attached to an aromatic ring is 1. The molecule has 0 saturated heterocycles. The Bertz CT molecular complexity index is 429. The van der Waals surface area contributed by atoms with Crippen LogP contribution >= 0.6 is 15.9 Å². The standard InChI is InChI=1S/C13H19BrN2O/c1-5-13(2,3)16(4)12(17)10-8-9(15)6-7-11(10)14/h6-8H,5,15H2,1-4H3. The van der Waals surface area contributed by atoms with E-state index in [0.29, 0.717) is 11.3 Å². The average molecular weight is 299 g/mol. The largest absolute Gasteiger partial charge is 0.399 e. The number of nitrogens with two attached hydrogens (primary N) is 1. The summed E-state index contributed by atoms with van der Waals surface area (Å²) in [4.78, 5) is 14.1. The number of anilines is 1. The van der Waals surface area contributed by atoms with Gasteiger partial charge in [0, 0.05) is 22.7 Å². The highest BCUT2D eigenvalue weighted by Crippen LogP contribution is 2.25. The predicted molar refractivity (Wildman–Crippen MR) is 75.0 cm³/mol. The molecule has 0 aliphatic heterocycles. The van der Waals surface area contributed by atoms with Crippen LogP contribution in [0.15, 0.2) is 22.7 Å². The molecular formula is C13H19BrN2O. The normalized spacial score (nSPS) is 11.4. The second kappa shape index (κ2) is 5.08. The van der Waals surface area contributed by atoms with Crippen LogP contribution in [0.1, 0.15) is 37.6 Å². The molecule has 0 heterocycles. The van der Waals surface area contributed by atoms with Crippen LogP contribution in [0.4, 0.5) is 5.69 Å². The van der Waals surface area contributed by atoms with Crippen LogP contribution in [0.2, 0.25) is 0 Å². The van der Waals surface area contributed by atoms with Gasteiger partial charge in [-0.3, -0.25) is 4.79 Å². The molecule has 1 aromatic rings. The molecule has 0 aliphatic rings.